The Morgan fingerprint density at radius 3 is 2.91 bits per heavy atom. The van der Waals surface area contributed by atoms with Crippen molar-refractivity contribution in [1.82, 2.24) is 15.4 Å². The van der Waals surface area contributed by atoms with Gasteiger partial charge in [-0.1, -0.05) is 23.9 Å². The Bertz CT molecular complexity index is 768. The van der Waals surface area contributed by atoms with Crippen LogP contribution in [0.3, 0.4) is 0 Å². The van der Waals surface area contributed by atoms with E-state index in [0.717, 1.165) is 11.1 Å². The first-order valence-electron chi connectivity index (χ1n) is 6.51. The summed E-state index contributed by atoms with van der Waals surface area (Å²) in [7, 11) is 0. The Morgan fingerprint density at radius 2 is 2.09 bits per heavy atom. The molecule has 110 valence electrons. The molecule has 0 bridgehead atoms. The van der Waals surface area contributed by atoms with Gasteiger partial charge in [-0.05, 0) is 29.8 Å². The molecule has 0 atom stereocenters. The van der Waals surface area contributed by atoms with Crippen LogP contribution in [0.5, 0.6) is 0 Å². The van der Waals surface area contributed by atoms with E-state index >= 15 is 0 Å². The highest BCUT2D eigenvalue weighted by molar-refractivity contribution is 7.99. The van der Waals surface area contributed by atoms with Crippen LogP contribution < -0.4 is 5.43 Å². The van der Waals surface area contributed by atoms with E-state index in [0.29, 0.717) is 10.8 Å². The number of hydrogen-bond donors (Lipinski definition) is 1. The molecule has 0 saturated carbocycles. The van der Waals surface area contributed by atoms with E-state index in [1.54, 1.807) is 30.7 Å². The zero-order valence-electron chi connectivity index (χ0n) is 11.5. The Morgan fingerprint density at radius 1 is 1.27 bits per heavy atom. The van der Waals surface area contributed by atoms with Crippen LogP contribution in [0.2, 0.25) is 0 Å². The summed E-state index contributed by atoms with van der Waals surface area (Å²) in [6.45, 7) is 0. The van der Waals surface area contributed by atoms with Gasteiger partial charge < -0.3 is 4.42 Å². The van der Waals surface area contributed by atoms with Crippen molar-refractivity contribution in [2.24, 2.45) is 5.10 Å². The van der Waals surface area contributed by atoms with E-state index in [2.05, 4.69) is 20.5 Å². The van der Waals surface area contributed by atoms with Gasteiger partial charge >= 0.3 is 0 Å². The molecule has 2 aromatic heterocycles. The minimum Gasteiger partial charge on any atom is -0.431 e. The molecule has 22 heavy (non-hydrogen) atoms. The third-order valence-corrected chi connectivity index (χ3v) is 3.54. The summed E-state index contributed by atoms with van der Waals surface area (Å²) in [5.41, 5.74) is 4.81. The number of amides is 1. The quantitative estimate of drug-likeness (QED) is 0.445. The molecule has 2 heterocycles. The van der Waals surface area contributed by atoms with Gasteiger partial charge in [0, 0.05) is 12.4 Å². The molecular formula is C15H12N4O2S. The summed E-state index contributed by atoms with van der Waals surface area (Å²) in [6.07, 6.45) is 4.88. The van der Waals surface area contributed by atoms with Crippen molar-refractivity contribution in [3.63, 3.8) is 0 Å². The first-order valence-corrected chi connectivity index (χ1v) is 7.50. The van der Waals surface area contributed by atoms with Crippen LogP contribution in [0.1, 0.15) is 5.56 Å². The Labute approximate surface area is 130 Å². The van der Waals surface area contributed by atoms with Gasteiger partial charge in [0.2, 0.25) is 0 Å². The SMILES string of the molecule is O=C(CSc1nc2ccccc2o1)N/N=C/c1ccncc1. The number of carbonyl (C=O) groups excluding carboxylic acids is 1. The summed E-state index contributed by atoms with van der Waals surface area (Å²) < 4.78 is 5.52. The van der Waals surface area contributed by atoms with E-state index in [4.69, 9.17) is 4.42 Å². The maximum absolute atomic E-state index is 11.7. The van der Waals surface area contributed by atoms with Gasteiger partial charge in [-0.25, -0.2) is 10.4 Å². The number of nitrogens with one attached hydrogen (secondary N) is 1. The number of benzene rings is 1. The average Bonchev–Trinajstić information content (AvgIpc) is 2.97. The highest BCUT2D eigenvalue weighted by Gasteiger charge is 2.08. The van der Waals surface area contributed by atoms with Gasteiger partial charge in [0.15, 0.2) is 5.58 Å². The van der Waals surface area contributed by atoms with Crippen molar-refractivity contribution < 1.29 is 9.21 Å². The fourth-order valence-corrected chi connectivity index (χ4v) is 2.33. The second kappa shape index (κ2) is 6.86. The number of fused-ring (bicyclic) bond motifs is 1. The summed E-state index contributed by atoms with van der Waals surface area (Å²) in [6, 6.07) is 11.1. The average molecular weight is 312 g/mol. The molecule has 0 aliphatic heterocycles. The fourth-order valence-electron chi connectivity index (χ4n) is 1.70. The standard InChI is InChI=1S/C15H12N4O2S/c20-14(19-17-9-11-5-7-16-8-6-11)10-22-15-18-12-3-1-2-4-13(12)21-15/h1-9H,10H2,(H,19,20)/b17-9+. The van der Waals surface area contributed by atoms with Crippen molar-refractivity contribution in [3.05, 3.63) is 54.4 Å². The molecule has 3 aromatic rings. The number of hydrogen-bond acceptors (Lipinski definition) is 6. The Balaban J connectivity index is 1.51. The molecule has 7 heteroatoms. The number of thioether (sulfide) groups is 1. The third kappa shape index (κ3) is 3.70. The molecule has 0 spiro atoms. The van der Waals surface area contributed by atoms with Crippen molar-refractivity contribution in [2.45, 2.75) is 5.22 Å². The topological polar surface area (TPSA) is 80.4 Å². The zero-order valence-corrected chi connectivity index (χ0v) is 12.3. The van der Waals surface area contributed by atoms with E-state index in [1.807, 2.05) is 24.3 Å². The summed E-state index contributed by atoms with van der Waals surface area (Å²) in [4.78, 5) is 19.9. The zero-order chi connectivity index (χ0) is 15.2. The van der Waals surface area contributed by atoms with Crippen LogP contribution >= 0.6 is 11.8 Å². The lowest BCUT2D eigenvalue weighted by Gasteiger charge is -1.97. The number of oxazole rings is 1. The van der Waals surface area contributed by atoms with Gasteiger partial charge in [-0.15, -0.1) is 0 Å². The lowest BCUT2D eigenvalue weighted by atomic mass is 10.3. The lowest BCUT2D eigenvalue weighted by Crippen LogP contribution is -2.19. The number of nitrogens with zero attached hydrogens (tertiary/aromatic N) is 3. The van der Waals surface area contributed by atoms with Crippen LogP contribution in [0, 0.1) is 0 Å². The molecule has 1 aromatic carbocycles. The van der Waals surface area contributed by atoms with Gasteiger partial charge in [0.05, 0.1) is 12.0 Å². The van der Waals surface area contributed by atoms with Gasteiger partial charge in [0.1, 0.15) is 5.52 Å². The first-order chi connectivity index (χ1) is 10.8. The first kappa shape index (κ1) is 14.3. The highest BCUT2D eigenvalue weighted by Crippen LogP contribution is 2.22. The van der Waals surface area contributed by atoms with Crippen LogP contribution in [-0.4, -0.2) is 27.8 Å². The Hall–Kier alpha value is -2.67. The molecule has 1 N–H and O–H groups in total. The largest absolute Gasteiger partial charge is 0.431 e. The molecule has 0 saturated heterocycles. The van der Waals surface area contributed by atoms with Crippen molar-refractivity contribution >= 4 is 35.0 Å². The molecule has 1 amide bonds. The molecule has 0 aliphatic rings. The van der Waals surface area contributed by atoms with Crippen molar-refractivity contribution in [3.8, 4) is 0 Å². The van der Waals surface area contributed by atoms with Gasteiger partial charge in [-0.3, -0.25) is 9.78 Å². The second-order valence-corrected chi connectivity index (χ2v) is 5.24. The van der Waals surface area contributed by atoms with Crippen LogP contribution in [0.25, 0.3) is 11.1 Å². The third-order valence-electron chi connectivity index (χ3n) is 2.71. The molecule has 0 radical (unpaired) electrons. The molecule has 6 nitrogen and oxygen atoms in total. The number of para-hydroxylation sites is 2. The van der Waals surface area contributed by atoms with Crippen molar-refractivity contribution in [1.29, 1.82) is 0 Å². The lowest BCUT2D eigenvalue weighted by molar-refractivity contribution is -0.118. The molecular weight excluding hydrogens is 300 g/mol. The monoisotopic (exact) mass is 312 g/mol. The maximum Gasteiger partial charge on any atom is 0.257 e. The normalized spacial score (nSPS) is 11.1. The van der Waals surface area contributed by atoms with Crippen molar-refractivity contribution in [2.75, 3.05) is 5.75 Å². The predicted octanol–water partition coefficient (Wildman–Crippen LogP) is 2.47. The van der Waals surface area contributed by atoms with Gasteiger partial charge in [0.25, 0.3) is 11.1 Å². The highest BCUT2D eigenvalue weighted by atomic mass is 32.2. The minimum absolute atomic E-state index is 0.181. The second-order valence-electron chi connectivity index (χ2n) is 4.31. The minimum atomic E-state index is -0.224. The number of rotatable bonds is 5. The summed E-state index contributed by atoms with van der Waals surface area (Å²) >= 11 is 1.23. The van der Waals surface area contributed by atoms with Gasteiger partial charge in [-0.2, -0.15) is 5.10 Å². The molecule has 0 unspecified atom stereocenters. The molecule has 0 aliphatic carbocycles. The van der Waals surface area contributed by atoms with E-state index in [-0.39, 0.29) is 11.7 Å². The Kier molecular flexibility index (Phi) is 4.45. The number of pyridine rings is 1. The number of aromatic nitrogens is 2. The van der Waals surface area contributed by atoms with E-state index in [1.165, 1.54) is 11.8 Å². The smallest absolute Gasteiger partial charge is 0.257 e. The molecule has 3 rings (SSSR count). The molecule has 0 fully saturated rings. The number of carbonyl (C=O) groups is 1. The summed E-state index contributed by atoms with van der Waals surface area (Å²) in [5.74, 6) is -0.0434. The predicted molar refractivity (Wildman–Crippen MR) is 84.7 cm³/mol. The van der Waals surface area contributed by atoms with E-state index < -0.39 is 0 Å². The summed E-state index contributed by atoms with van der Waals surface area (Å²) in [5, 5.41) is 4.35. The van der Waals surface area contributed by atoms with E-state index in [9.17, 15) is 4.79 Å². The van der Waals surface area contributed by atoms with Crippen LogP contribution in [-0.2, 0) is 4.79 Å². The number of hydrazone groups is 1. The van der Waals surface area contributed by atoms with Crippen LogP contribution in [0.15, 0.2) is 63.5 Å². The van der Waals surface area contributed by atoms with Crippen LogP contribution in [0.4, 0.5) is 0 Å². The fraction of sp³-hybridized carbons (Fsp3) is 0.0667. The maximum atomic E-state index is 11.7.